The molecule has 1 saturated heterocycles. The van der Waals surface area contributed by atoms with Crippen LogP contribution in [0.5, 0.6) is 0 Å². The molecule has 1 fully saturated rings. The Hall–Kier alpha value is -2.53. The first-order valence-corrected chi connectivity index (χ1v) is 9.63. The van der Waals surface area contributed by atoms with Gasteiger partial charge in [-0.1, -0.05) is 30.3 Å². The van der Waals surface area contributed by atoms with Crippen LogP contribution in [0.15, 0.2) is 48.5 Å². The molecule has 3 rings (SSSR count). The van der Waals surface area contributed by atoms with Crippen LogP contribution in [0.4, 0.5) is 16.2 Å². The molecule has 1 aliphatic heterocycles. The Morgan fingerprint density at radius 1 is 1.11 bits per heavy atom. The van der Waals surface area contributed by atoms with E-state index in [0.717, 1.165) is 49.4 Å². The van der Waals surface area contributed by atoms with E-state index in [1.54, 1.807) is 0 Å². The SMILES string of the molecule is Cc1cc(N(C)C)ccc1NC(=O)NC1CCN(Cc2ccccc2)CC1. The molecule has 27 heavy (non-hydrogen) atoms. The van der Waals surface area contributed by atoms with Crippen LogP contribution in [0.2, 0.25) is 0 Å². The summed E-state index contributed by atoms with van der Waals surface area (Å²) < 4.78 is 0. The van der Waals surface area contributed by atoms with Crippen molar-refractivity contribution >= 4 is 17.4 Å². The Kier molecular flexibility index (Phi) is 6.35. The van der Waals surface area contributed by atoms with Gasteiger partial charge in [-0.15, -0.1) is 0 Å². The Balaban J connectivity index is 1.45. The largest absolute Gasteiger partial charge is 0.378 e. The van der Waals surface area contributed by atoms with Crippen LogP contribution in [-0.4, -0.2) is 44.2 Å². The molecule has 0 radical (unpaired) electrons. The van der Waals surface area contributed by atoms with E-state index in [4.69, 9.17) is 0 Å². The summed E-state index contributed by atoms with van der Waals surface area (Å²) in [7, 11) is 4.03. The summed E-state index contributed by atoms with van der Waals surface area (Å²) in [5.74, 6) is 0. The second kappa shape index (κ2) is 8.91. The average Bonchev–Trinajstić information content (AvgIpc) is 2.65. The molecule has 0 unspecified atom stereocenters. The van der Waals surface area contributed by atoms with Crippen LogP contribution in [0.1, 0.15) is 24.0 Å². The van der Waals surface area contributed by atoms with Crippen molar-refractivity contribution in [3.05, 3.63) is 59.7 Å². The van der Waals surface area contributed by atoms with Gasteiger partial charge >= 0.3 is 6.03 Å². The number of carbonyl (C=O) groups excluding carboxylic acids is 1. The quantitative estimate of drug-likeness (QED) is 0.845. The number of likely N-dealkylation sites (tertiary alicyclic amines) is 1. The minimum atomic E-state index is -0.114. The number of piperidine rings is 1. The van der Waals surface area contributed by atoms with Crippen molar-refractivity contribution in [1.29, 1.82) is 0 Å². The number of amides is 2. The van der Waals surface area contributed by atoms with Crippen LogP contribution in [-0.2, 0) is 6.54 Å². The molecule has 0 spiro atoms. The molecule has 2 aromatic rings. The van der Waals surface area contributed by atoms with Gasteiger partial charge in [-0.25, -0.2) is 4.79 Å². The van der Waals surface area contributed by atoms with Crippen molar-refractivity contribution in [3.8, 4) is 0 Å². The molecule has 0 bridgehead atoms. The lowest BCUT2D eigenvalue weighted by atomic mass is 10.0. The van der Waals surface area contributed by atoms with Crippen molar-refractivity contribution in [2.24, 2.45) is 0 Å². The second-order valence-electron chi connectivity index (χ2n) is 7.53. The Morgan fingerprint density at radius 3 is 2.44 bits per heavy atom. The maximum absolute atomic E-state index is 12.4. The van der Waals surface area contributed by atoms with E-state index >= 15 is 0 Å². The summed E-state index contributed by atoms with van der Waals surface area (Å²) in [6.07, 6.45) is 1.97. The van der Waals surface area contributed by atoms with Crippen LogP contribution < -0.4 is 15.5 Å². The van der Waals surface area contributed by atoms with Gasteiger partial charge in [0.05, 0.1) is 0 Å². The summed E-state index contributed by atoms with van der Waals surface area (Å²) in [4.78, 5) is 16.9. The number of anilines is 2. The summed E-state index contributed by atoms with van der Waals surface area (Å²) in [5.41, 5.74) is 4.40. The first-order chi connectivity index (χ1) is 13.0. The number of urea groups is 1. The lowest BCUT2D eigenvalue weighted by Crippen LogP contribution is -2.45. The third-order valence-electron chi connectivity index (χ3n) is 5.15. The third kappa shape index (κ3) is 5.47. The zero-order valence-corrected chi connectivity index (χ0v) is 16.5. The molecule has 1 heterocycles. The Morgan fingerprint density at radius 2 is 1.81 bits per heavy atom. The Labute approximate surface area is 162 Å². The van der Waals surface area contributed by atoms with Crippen molar-refractivity contribution in [2.45, 2.75) is 32.4 Å². The maximum atomic E-state index is 12.4. The summed E-state index contributed by atoms with van der Waals surface area (Å²) >= 11 is 0. The van der Waals surface area contributed by atoms with E-state index < -0.39 is 0 Å². The van der Waals surface area contributed by atoms with Crippen molar-refractivity contribution in [1.82, 2.24) is 10.2 Å². The molecular formula is C22H30N4O. The van der Waals surface area contributed by atoms with E-state index in [0.29, 0.717) is 0 Å². The second-order valence-corrected chi connectivity index (χ2v) is 7.53. The number of nitrogens with zero attached hydrogens (tertiary/aromatic N) is 2. The molecule has 144 valence electrons. The molecule has 2 aromatic carbocycles. The monoisotopic (exact) mass is 366 g/mol. The third-order valence-corrected chi connectivity index (χ3v) is 5.15. The van der Waals surface area contributed by atoms with Gasteiger partial charge in [0.1, 0.15) is 0 Å². The number of nitrogens with one attached hydrogen (secondary N) is 2. The average molecular weight is 367 g/mol. The van der Waals surface area contributed by atoms with Gasteiger partial charge < -0.3 is 15.5 Å². The molecule has 5 nitrogen and oxygen atoms in total. The summed E-state index contributed by atoms with van der Waals surface area (Å²) in [6, 6.07) is 16.7. The molecule has 1 aliphatic rings. The number of hydrogen-bond donors (Lipinski definition) is 2. The van der Waals surface area contributed by atoms with Gasteiger partial charge in [0.2, 0.25) is 0 Å². The van der Waals surface area contributed by atoms with E-state index in [2.05, 4.69) is 50.8 Å². The molecule has 0 aliphatic carbocycles. The van der Waals surface area contributed by atoms with Crippen LogP contribution in [0.3, 0.4) is 0 Å². The zero-order valence-electron chi connectivity index (χ0n) is 16.5. The van der Waals surface area contributed by atoms with E-state index in [1.165, 1.54) is 5.56 Å². The number of carbonyl (C=O) groups is 1. The number of aryl methyl sites for hydroxylation is 1. The minimum absolute atomic E-state index is 0.114. The number of rotatable bonds is 5. The van der Waals surface area contributed by atoms with E-state index in [1.807, 2.05) is 39.2 Å². The highest BCUT2D eigenvalue weighted by atomic mass is 16.2. The number of hydrogen-bond acceptors (Lipinski definition) is 3. The van der Waals surface area contributed by atoms with Gasteiger partial charge in [-0.05, 0) is 49.1 Å². The first kappa shape index (κ1) is 19.2. The van der Waals surface area contributed by atoms with Crippen LogP contribution >= 0.6 is 0 Å². The Bertz CT molecular complexity index is 752. The van der Waals surface area contributed by atoms with Crippen molar-refractivity contribution in [3.63, 3.8) is 0 Å². The van der Waals surface area contributed by atoms with Gasteiger partial charge in [0.25, 0.3) is 0 Å². The lowest BCUT2D eigenvalue weighted by Gasteiger charge is -2.32. The molecule has 2 N–H and O–H groups in total. The predicted molar refractivity (Wildman–Crippen MR) is 112 cm³/mol. The molecular weight excluding hydrogens is 336 g/mol. The first-order valence-electron chi connectivity index (χ1n) is 9.63. The standard InChI is InChI=1S/C22H30N4O/c1-17-15-20(25(2)3)9-10-21(17)24-22(27)23-19-11-13-26(14-12-19)16-18-7-5-4-6-8-18/h4-10,15,19H,11-14,16H2,1-3H3,(H2,23,24,27). The molecule has 5 heteroatoms. The fraction of sp³-hybridized carbons (Fsp3) is 0.409. The van der Waals surface area contributed by atoms with E-state index in [-0.39, 0.29) is 12.1 Å². The predicted octanol–water partition coefficient (Wildman–Crippen LogP) is 3.85. The number of benzene rings is 2. The molecule has 0 saturated carbocycles. The highest BCUT2D eigenvalue weighted by Gasteiger charge is 2.21. The minimum Gasteiger partial charge on any atom is -0.378 e. The van der Waals surface area contributed by atoms with Crippen LogP contribution in [0.25, 0.3) is 0 Å². The summed E-state index contributed by atoms with van der Waals surface area (Å²) in [5, 5.41) is 6.12. The van der Waals surface area contributed by atoms with Gasteiger partial charge in [0.15, 0.2) is 0 Å². The van der Waals surface area contributed by atoms with Gasteiger partial charge in [-0.2, -0.15) is 0 Å². The van der Waals surface area contributed by atoms with Crippen LogP contribution in [0, 0.1) is 6.92 Å². The normalized spacial score (nSPS) is 15.4. The molecule has 2 amide bonds. The lowest BCUT2D eigenvalue weighted by molar-refractivity contribution is 0.190. The smallest absolute Gasteiger partial charge is 0.319 e. The maximum Gasteiger partial charge on any atom is 0.319 e. The molecule has 0 aromatic heterocycles. The highest BCUT2D eigenvalue weighted by Crippen LogP contribution is 2.21. The highest BCUT2D eigenvalue weighted by molar-refractivity contribution is 5.90. The van der Waals surface area contributed by atoms with Crippen molar-refractivity contribution < 1.29 is 4.79 Å². The van der Waals surface area contributed by atoms with Gasteiger partial charge in [-0.3, -0.25) is 4.90 Å². The molecule has 0 atom stereocenters. The zero-order chi connectivity index (χ0) is 19.2. The van der Waals surface area contributed by atoms with E-state index in [9.17, 15) is 4.79 Å². The summed E-state index contributed by atoms with van der Waals surface area (Å²) in [6.45, 7) is 5.02. The topological polar surface area (TPSA) is 47.6 Å². The fourth-order valence-electron chi connectivity index (χ4n) is 3.49. The van der Waals surface area contributed by atoms with Crippen molar-refractivity contribution in [2.75, 3.05) is 37.4 Å². The fourth-order valence-corrected chi connectivity index (χ4v) is 3.49. The van der Waals surface area contributed by atoms with Gasteiger partial charge in [0, 0.05) is 51.1 Å².